The molecule has 1 N–H and O–H groups in total. The molecule has 1 aromatic heterocycles. The molecule has 0 unspecified atom stereocenters. The maximum absolute atomic E-state index is 12.2. The van der Waals surface area contributed by atoms with Crippen LogP contribution in [0.3, 0.4) is 0 Å². The number of hydrogen-bond donors (Lipinski definition) is 1. The molecule has 22 heavy (non-hydrogen) atoms. The summed E-state index contributed by atoms with van der Waals surface area (Å²) in [5.41, 5.74) is 1.54. The Morgan fingerprint density at radius 3 is 2.45 bits per heavy atom. The van der Waals surface area contributed by atoms with Gasteiger partial charge in [-0.1, -0.05) is 19.4 Å². The van der Waals surface area contributed by atoms with Gasteiger partial charge in [-0.2, -0.15) is 0 Å². The highest BCUT2D eigenvalue weighted by Gasteiger charge is 2.09. The van der Waals surface area contributed by atoms with E-state index in [-0.39, 0.29) is 11.3 Å². The molecule has 0 aliphatic heterocycles. The fraction of sp³-hybridized carbons (Fsp3) is 0.353. The largest absolute Gasteiger partial charge is 0.508 e. The molecule has 5 nitrogen and oxygen atoms in total. The second-order valence-electron chi connectivity index (χ2n) is 5.07. The van der Waals surface area contributed by atoms with Crippen molar-refractivity contribution >= 4 is 0 Å². The molecule has 0 saturated carbocycles. The average Bonchev–Trinajstić information content (AvgIpc) is 2.50. The topological polar surface area (TPSA) is 60.7 Å². The average molecular weight is 303 g/mol. The van der Waals surface area contributed by atoms with Gasteiger partial charge in [-0.15, -0.1) is 0 Å². The number of ether oxygens (including phenoxy) is 2. The number of rotatable bonds is 6. The van der Waals surface area contributed by atoms with Gasteiger partial charge in [-0.05, 0) is 30.2 Å². The molecular weight excluding hydrogens is 282 g/mol. The van der Waals surface area contributed by atoms with Gasteiger partial charge in [-0.3, -0.25) is 4.79 Å². The molecular formula is C17H21NO4. The summed E-state index contributed by atoms with van der Waals surface area (Å²) in [5, 5.41) is 9.61. The Morgan fingerprint density at radius 1 is 1.09 bits per heavy atom. The molecule has 0 saturated heterocycles. The van der Waals surface area contributed by atoms with Crippen molar-refractivity contribution in [1.82, 2.24) is 4.57 Å². The lowest BCUT2D eigenvalue weighted by Gasteiger charge is -2.14. The summed E-state index contributed by atoms with van der Waals surface area (Å²) in [6, 6.07) is 8.45. The lowest BCUT2D eigenvalue weighted by Crippen LogP contribution is -2.23. The first kappa shape index (κ1) is 15.9. The van der Waals surface area contributed by atoms with Crippen LogP contribution in [0, 0.1) is 0 Å². The number of aryl methyl sites for hydroxylation is 1. The van der Waals surface area contributed by atoms with E-state index in [1.807, 2.05) is 25.1 Å². The first-order valence-electron chi connectivity index (χ1n) is 7.22. The molecule has 2 rings (SSSR count). The van der Waals surface area contributed by atoms with Gasteiger partial charge >= 0.3 is 0 Å². The van der Waals surface area contributed by atoms with Crippen LogP contribution in [0.15, 0.2) is 35.1 Å². The summed E-state index contributed by atoms with van der Waals surface area (Å²) in [6.45, 7) is 2.46. The van der Waals surface area contributed by atoms with Crippen LogP contribution in [0.25, 0.3) is 0 Å². The van der Waals surface area contributed by atoms with E-state index < -0.39 is 0 Å². The minimum absolute atomic E-state index is 0.0111. The molecule has 1 heterocycles. The highest BCUT2D eigenvalue weighted by molar-refractivity contribution is 5.43. The normalized spacial score (nSPS) is 10.5. The number of nitrogens with zero attached hydrogens (tertiary/aromatic N) is 1. The van der Waals surface area contributed by atoms with Crippen molar-refractivity contribution < 1.29 is 14.6 Å². The van der Waals surface area contributed by atoms with Gasteiger partial charge in [0, 0.05) is 11.8 Å². The number of aromatic nitrogens is 1. The molecule has 0 radical (unpaired) electrons. The van der Waals surface area contributed by atoms with Gasteiger partial charge in [0.05, 0.1) is 20.8 Å². The second kappa shape index (κ2) is 7.02. The summed E-state index contributed by atoms with van der Waals surface area (Å²) in [6.07, 6.45) is 1.63. The maximum atomic E-state index is 12.2. The monoisotopic (exact) mass is 303 g/mol. The molecule has 0 spiro atoms. The standard InChI is InChI=1S/C17H21NO4/c1-4-5-13-9-14(19)10-17(20)18(13)11-12-6-7-15(21-2)16(8-12)22-3/h6-10,19H,4-5,11H2,1-3H3. The zero-order valence-corrected chi connectivity index (χ0v) is 13.1. The minimum atomic E-state index is -0.210. The zero-order chi connectivity index (χ0) is 16.1. The molecule has 0 atom stereocenters. The Morgan fingerprint density at radius 2 is 1.82 bits per heavy atom. The summed E-state index contributed by atoms with van der Waals surface area (Å²) in [7, 11) is 3.16. The lowest BCUT2D eigenvalue weighted by molar-refractivity contribution is 0.354. The fourth-order valence-corrected chi connectivity index (χ4v) is 2.44. The number of methoxy groups -OCH3 is 2. The third-order valence-electron chi connectivity index (χ3n) is 3.49. The second-order valence-corrected chi connectivity index (χ2v) is 5.07. The summed E-state index contributed by atoms with van der Waals surface area (Å²) in [5.74, 6) is 1.29. The predicted molar refractivity (Wildman–Crippen MR) is 85.0 cm³/mol. The van der Waals surface area contributed by atoms with Crippen molar-refractivity contribution in [2.24, 2.45) is 0 Å². The SMILES string of the molecule is CCCc1cc(O)cc(=O)n1Cc1ccc(OC)c(OC)c1. The lowest BCUT2D eigenvalue weighted by atomic mass is 10.1. The van der Waals surface area contributed by atoms with E-state index in [2.05, 4.69) is 0 Å². The summed E-state index contributed by atoms with van der Waals surface area (Å²) in [4.78, 5) is 12.2. The fourth-order valence-electron chi connectivity index (χ4n) is 2.44. The molecule has 2 aromatic rings. The van der Waals surface area contributed by atoms with Crippen LogP contribution in [0.1, 0.15) is 24.6 Å². The Labute approximate surface area is 129 Å². The Bertz CT molecular complexity index is 706. The van der Waals surface area contributed by atoms with Gasteiger partial charge in [0.1, 0.15) is 5.75 Å². The van der Waals surface area contributed by atoms with Crippen LogP contribution in [0.4, 0.5) is 0 Å². The minimum Gasteiger partial charge on any atom is -0.508 e. The molecule has 5 heteroatoms. The van der Waals surface area contributed by atoms with E-state index in [0.717, 1.165) is 24.1 Å². The van der Waals surface area contributed by atoms with Crippen LogP contribution < -0.4 is 15.0 Å². The quantitative estimate of drug-likeness (QED) is 0.891. The van der Waals surface area contributed by atoms with E-state index >= 15 is 0 Å². The predicted octanol–water partition coefficient (Wildman–Crippen LogP) is 2.57. The highest BCUT2D eigenvalue weighted by atomic mass is 16.5. The molecule has 118 valence electrons. The highest BCUT2D eigenvalue weighted by Crippen LogP contribution is 2.28. The van der Waals surface area contributed by atoms with Crippen molar-refractivity contribution in [3.63, 3.8) is 0 Å². The van der Waals surface area contributed by atoms with Crippen molar-refractivity contribution in [1.29, 1.82) is 0 Å². The first-order chi connectivity index (χ1) is 10.6. The van der Waals surface area contributed by atoms with E-state index in [0.29, 0.717) is 18.0 Å². The summed E-state index contributed by atoms with van der Waals surface area (Å²) >= 11 is 0. The van der Waals surface area contributed by atoms with Gasteiger partial charge in [0.25, 0.3) is 5.56 Å². The van der Waals surface area contributed by atoms with Gasteiger partial charge in [0.15, 0.2) is 11.5 Å². The van der Waals surface area contributed by atoms with Crippen molar-refractivity contribution in [3.05, 3.63) is 51.9 Å². The van der Waals surface area contributed by atoms with E-state index in [4.69, 9.17) is 9.47 Å². The van der Waals surface area contributed by atoms with Crippen molar-refractivity contribution in [3.8, 4) is 17.2 Å². The maximum Gasteiger partial charge on any atom is 0.254 e. The number of hydrogen-bond acceptors (Lipinski definition) is 4. The van der Waals surface area contributed by atoms with E-state index in [1.165, 1.54) is 6.07 Å². The number of benzene rings is 1. The van der Waals surface area contributed by atoms with Gasteiger partial charge in [-0.25, -0.2) is 0 Å². The zero-order valence-electron chi connectivity index (χ0n) is 13.1. The number of aromatic hydroxyl groups is 1. The molecule has 0 aliphatic rings. The van der Waals surface area contributed by atoms with E-state index in [1.54, 1.807) is 24.9 Å². The van der Waals surface area contributed by atoms with Crippen molar-refractivity contribution in [2.45, 2.75) is 26.3 Å². The van der Waals surface area contributed by atoms with Crippen LogP contribution in [-0.4, -0.2) is 23.9 Å². The molecule has 0 aliphatic carbocycles. The Hall–Kier alpha value is -2.43. The number of pyridine rings is 1. The summed E-state index contributed by atoms with van der Waals surface area (Å²) < 4.78 is 12.2. The van der Waals surface area contributed by atoms with Crippen molar-refractivity contribution in [2.75, 3.05) is 14.2 Å². The van der Waals surface area contributed by atoms with Gasteiger partial charge in [0.2, 0.25) is 0 Å². The van der Waals surface area contributed by atoms with Gasteiger partial charge < -0.3 is 19.1 Å². The van der Waals surface area contributed by atoms with Crippen LogP contribution in [0.2, 0.25) is 0 Å². The third kappa shape index (κ3) is 3.42. The first-order valence-corrected chi connectivity index (χ1v) is 7.22. The van der Waals surface area contributed by atoms with E-state index in [9.17, 15) is 9.90 Å². The third-order valence-corrected chi connectivity index (χ3v) is 3.49. The molecule has 0 fully saturated rings. The molecule has 0 amide bonds. The Balaban J connectivity index is 2.40. The smallest absolute Gasteiger partial charge is 0.254 e. The molecule has 0 bridgehead atoms. The van der Waals surface area contributed by atoms with Crippen LogP contribution in [-0.2, 0) is 13.0 Å². The van der Waals surface area contributed by atoms with Crippen LogP contribution in [0.5, 0.6) is 17.2 Å². The Kier molecular flexibility index (Phi) is 5.09. The molecule has 1 aromatic carbocycles. The van der Waals surface area contributed by atoms with Crippen LogP contribution >= 0.6 is 0 Å².